The molecule has 0 N–H and O–H groups in total. The first-order valence-electron chi connectivity index (χ1n) is 2.50. The van der Waals surface area contributed by atoms with E-state index in [0.29, 0.717) is 0 Å². The molecule has 0 saturated heterocycles. The van der Waals surface area contributed by atoms with Crippen LogP contribution in [0.1, 0.15) is 0 Å². The van der Waals surface area contributed by atoms with E-state index >= 15 is 0 Å². The summed E-state index contributed by atoms with van der Waals surface area (Å²) in [5, 5.41) is 0. The third-order valence-electron chi connectivity index (χ3n) is 0.799. The van der Waals surface area contributed by atoms with Crippen LogP contribution in [0.5, 0.6) is 0 Å². The average molecular weight is 229 g/mol. The summed E-state index contributed by atoms with van der Waals surface area (Å²) in [6.45, 7) is -2.54. The van der Waals surface area contributed by atoms with Gasteiger partial charge in [-0.3, -0.25) is 4.18 Å². The van der Waals surface area contributed by atoms with Gasteiger partial charge in [0.1, 0.15) is 6.61 Å². The first kappa shape index (κ1) is 12.5. The molecule has 0 aliphatic heterocycles. The van der Waals surface area contributed by atoms with Crippen LogP contribution in [0.2, 0.25) is 0 Å². The van der Waals surface area contributed by atoms with Crippen LogP contribution in [0, 0.1) is 0 Å². The Morgan fingerprint density at radius 1 is 1.15 bits per heavy atom. The molecule has 0 aliphatic rings. The monoisotopic (exact) mass is 229 g/mol. The van der Waals surface area contributed by atoms with Gasteiger partial charge in [0.15, 0.2) is 0 Å². The van der Waals surface area contributed by atoms with Crippen molar-refractivity contribution >= 4 is 10.4 Å². The quantitative estimate of drug-likeness (QED) is 0.405. The maximum Gasteiger partial charge on any atom is 0.455 e. The zero-order valence-electron chi connectivity index (χ0n) is 5.64. The number of rotatable bonds is 3. The molecule has 0 aromatic rings. The van der Waals surface area contributed by atoms with E-state index in [1.165, 1.54) is 0 Å². The SMILES string of the molecule is O=S(=O)([O-])OCC(F)(F)C(F)(F)F. The lowest BCUT2D eigenvalue weighted by molar-refractivity contribution is -0.290. The van der Waals surface area contributed by atoms with Gasteiger partial charge in [0.25, 0.3) is 0 Å². The van der Waals surface area contributed by atoms with Crippen molar-refractivity contribution < 1.29 is 39.1 Å². The zero-order chi connectivity index (χ0) is 10.9. The van der Waals surface area contributed by atoms with E-state index in [9.17, 15) is 34.9 Å². The van der Waals surface area contributed by atoms with E-state index in [1.54, 1.807) is 0 Å². The van der Waals surface area contributed by atoms with Gasteiger partial charge in [0.05, 0.1) is 0 Å². The normalized spacial score (nSPS) is 14.6. The second kappa shape index (κ2) is 3.35. The molecule has 0 atom stereocenters. The van der Waals surface area contributed by atoms with Crippen molar-refractivity contribution in [2.45, 2.75) is 12.1 Å². The Morgan fingerprint density at radius 2 is 1.54 bits per heavy atom. The van der Waals surface area contributed by atoms with Crippen molar-refractivity contribution in [2.75, 3.05) is 6.61 Å². The molecular formula is C3H2F5O4S-. The molecule has 0 rings (SSSR count). The van der Waals surface area contributed by atoms with E-state index in [0.717, 1.165) is 0 Å². The first-order valence-corrected chi connectivity index (χ1v) is 3.84. The van der Waals surface area contributed by atoms with E-state index in [1.807, 2.05) is 0 Å². The summed E-state index contributed by atoms with van der Waals surface area (Å²) in [5.74, 6) is -5.36. The van der Waals surface area contributed by atoms with Gasteiger partial charge >= 0.3 is 12.1 Å². The molecule has 80 valence electrons. The fourth-order valence-electron chi connectivity index (χ4n) is 0.228. The predicted octanol–water partition coefficient (Wildman–Crippen LogP) is 0.661. The van der Waals surface area contributed by atoms with Crippen LogP contribution in [0.3, 0.4) is 0 Å². The summed E-state index contributed by atoms with van der Waals surface area (Å²) in [6.07, 6.45) is -5.95. The minimum absolute atomic E-state index is 2.54. The lowest BCUT2D eigenvalue weighted by Crippen LogP contribution is -2.41. The molecular weight excluding hydrogens is 227 g/mol. The number of alkyl halides is 5. The van der Waals surface area contributed by atoms with Crippen molar-refractivity contribution in [1.82, 2.24) is 0 Å². The molecule has 10 heteroatoms. The van der Waals surface area contributed by atoms with Gasteiger partial charge in [0.2, 0.25) is 10.4 Å². The number of halogens is 5. The highest BCUT2D eigenvalue weighted by Crippen LogP contribution is 2.35. The minimum atomic E-state index is -5.95. The maximum absolute atomic E-state index is 11.8. The third-order valence-corrected chi connectivity index (χ3v) is 1.21. The molecule has 0 unspecified atom stereocenters. The lowest BCUT2D eigenvalue weighted by Gasteiger charge is -2.19. The molecule has 0 amide bonds. The Bertz CT molecular complexity index is 266. The molecule has 0 fully saturated rings. The summed E-state index contributed by atoms with van der Waals surface area (Å²) in [5.41, 5.74) is 0. The average Bonchev–Trinajstić information content (AvgIpc) is 1.79. The molecule has 0 aromatic heterocycles. The van der Waals surface area contributed by atoms with Crippen LogP contribution in [0.25, 0.3) is 0 Å². The van der Waals surface area contributed by atoms with Crippen LogP contribution in [0.4, 0.5) is 22.0 Å². The van der Waals surface area contributed by atoms with Crippen molar-refractivity contribution in [2.24, 2.45) is 0 Å². The molecule has 4 nitrogen and oxygen atoms in total. The third kappa shape index (κ3) is 4.33. The van der Waals surface area contributed by atoms with E-state index in [2.05, 4.69) is 4.18 Å². The van der Waals surface area contributed by atoms with Gasteiger partial charge in [-0.1, -0.05) is 0 Å². The maximum atomic E-state index is 11.8. The Balaban J connectivity index is 4.38. The van der Waals surface area contributed by atoms with Crippen LogP contribution in [0.15, 0.2) is 0 Å². The summed E-state index contributed by atoms with van der Waals surface area (Å²) in [4.78, 5) is 0. The topological polar surface area (TPSA) is 66.4 Å². The predicted molar refractivity (Wildman–Crippen MR) is 26.7 cm³/mol. The van der Waals surface area contributed by atoms with Gasteiger partial charge in [0, 0.05) is 0 Å². The summed E-state index contributed by atoms with van der Waals surface area (Å²) in [6, 6.07) is 0. The second-order valence-electron chi connectivity index (χ2n) is 1.87. The lowest BCUT2D eigenvalue weighted by atomic mass is 10.3. The van der Waals surface area contributed by atoms with Crippen molar-refractivity contribution in [3.05, 3.63) is 0 Å². The van der Waals surface area contributed by atoms with Crippen LogP contribution in [-0.4, -0.2) is 31.7 Å². The summed E-state index contributed by atoms with van der Waals surface area (Å²) < 4.78 is 88.8. The molecule has 0 bridgehead atoms. The summed E-state index contributed by atoms with van der Waals surface area (Å²) in [7, 11) is -5.55. The fraction of sp³-hybridized carbons (Fsp3) is 1.00. The molecule has 0 radical (unpaired) electrons. The van der Waals surface area contributed by atoms with E-state index in [-0.39, 0.29) is 0 Å². The molecule has 13 heavy (non-hydrogen) atoms. The molecule has 0 saturated carbocycles. The van der Waals surface area contributed by atoms with Crippen molar-refractivity contribution in [3.8, 4) is 0 Å². The number of hydrogen-bond donors (Lipinski definition) is 0. The first-order chi connectivity index (χ1) is 5.46. The summed E-state index contributed by atoms with van der Waals surface area (Å²) >= 11 is 0. The fourth-order valence-corrected chi connectivity index (χ4v) is 0.520. The molecule has 0 aromatic carbocycles. The Morgan fingerprint density at radius 3 is 1.77 bits per heavy atom. The Hall–Kier alpha value is -0.480. The van der Waals surface area contributed by atoms with Gasteiger partial charge in [-0.2, -0.15) is 22.0 Å². The van der Waals surface area contributed by atoms with Gasteiger partial charge < -0.3 is 4.55 Å². The van der Waals surface area contributed by atoms with Crippen LogP contribution in [-0.2, 0) is 14.6 Å². The Kier molecular flexibility index (Phi) is 3.22. The minimum Gasteiger partial charge on any atom is -0.726 e. The molecule has 0 heterocycles. The largest absolute Gasteiger partial charge is 0.726 e. The van der Waals surface area contributed by atoms with Crippen LogP contribution < -0.4 is 0 Å². The van der Waals surface area contributed by atoms with Gasteiger partial charge in [-0.25, -0.2) is 8.42 Å². The zero-order valence-corrected chi connectivity index (χ0v) is 6.45. The van der Waals surface area contributed by atoms with Crippen molar-refractivity contribution in [1.29, 1.82) is 0 Å². The van der Waals surface area contributed by atoms with E-state index in [4.69, 9.17) is 0 Å². The highest BCUT2D eigenvalue weighted by molar-refractivity contribution is 7.80. The highest BCUT2D eigenvalue weighted by Gasteiger charge is 2.58. The molecule has 0 aliphatic carbocycles. The van der Waals surface area contributed by atoms with Gasteiger partial charge in [-0.05, 0) is 0 Å². The molecule has 0 spiro atoms. The standard InChI is InChI=1S/C3H3F5O4S/c4-2(5,3(6,7)8)1-12-13(9,10)11/h1H2,(H,9,10,11)/p-1. The van der Waals surface area contributed by atoms with Crippen molar-refractivity contribution in [3.63, 3.8) is 0 Å². The second-order valence-corrected chi connectivity index (χ2v) is 2.92. The Labute approximate surface area is 69.2 Å². The van der Waals surface area contributed by atoms with Gasteiger partial charge in [-0.15, -0.1) is 0 Å². The van der Waals surface area contributed by atoms with E-state index < -0.39 is 29.1 Å². The highest BCUT2D eigenvalue weighted by atomic mass is 32.3. The number of hydrogen-bond acceptors (Lipinski definition) is 4. The van der Waals surface area contributed by atoms with Crippen LogP contribution >= 0.6 is 0 Å². The smallest absolute Gasteiger partial charge is 0.455 e.